The highest BCUT2D eigenvalue weighted by molar-refractivity contribution is 6.12. The Balaban J connectivity index is 5.67. The SMILES string of the molecule is CC(=O)[C@@]([C]=O)(CCCNC(=N)N)N(C(=O)COCCOCCN)C(=O)[C@@H](N)CCCNC(=N)N. The maximum absolute atomic E-state index is 13.2. The van der Waals surface area contributed by atoms with Gasteiger partial charge >= 0.3 is 0 Å². The fourth-order valence-corrected chi connectivity index (χ4v) is 3.07. The standard InChI is InChI=1S/C20H38N9O6/c1-14(31)20(13-30,5-3-8-28-19(25)26)29(16(32)12-35-11-10-34-9-6-21)17(33)15(22)4-2-7-27-18(23)24/h15H,2-12,21-22H2,1H3,(H4,23,24,27)(H4,25,26,28)/t15-,20-/m0/s1. The molecule has 0 aliphatic heterocycles. The number of carbonyl (C=O) groups is 3. The number of hydrogen-bond acceptors (Lipinski definition) is 10. The first-order chi connectivity index (χ1) is 16.5. The van der Waals surface area contributed by atoms with E-state index in [0.29, 0.717) is 24.5 Å². The molecule has 0 heterocycles. The molecule has 0 rings (SSSR count). The van der Waals surface area contributed by atoms with E-state index in [0.717, 1.165) is 6.92 Å². The van der Waals surface area contributed by atoms with E-state index in [1.165, 1.54) is 0 Å². The third-order valence-electron chi connectivity index (χ3n) is 4.82. The van der Waals surface area contributed by atoms with Gasteiger partial charge in [0.05, 0.1) is 25.9 Å². The zero-order valence-corrected chi connectivity index (χ0v) is 20.1. The molecule has 0 spiro atoms. The highest BCUT2D eigenvalue weighted by Gasteiger charge is 2.49. The minimum absolute atomic E-state index is 0.0109. The molecule has 0 aromatic carbocycles. The van der Waals surface area contributed by atoms with Crippen LogP contribution in [0.15, 0.2) is 0 Å². The lowest BCUT2D eigenvalue weighted by atomic mass is 9.87. The van der Waals surface area contributed by atoms with E-state index in [4.69, 9.17) is 43.2 Å². The van der Waals surface area contributed by atoms with Crippen molar-refractivity contribution < 1.29 is 28.7 Å². The average Bonchev–Trinajstić information content (AvgIpc) is 2.79. The van der Waals surface area contributed by atoms with E-state index in [9.17, 15) is 19.2 Å². The maximum Gasteiger partial charge on any atom is 0.256 e. The van der Waals surface area contributed by atoms with Crippen LogP contribution in [0.25, 0.3) is 0 Å². The molecular weight excluding hydrogens is 462 g/mol. The number of amides is 2. The first-order valence-electron chi connectivity index (χ1n) is 11.1. The van der Waals surface area contributed by atoms with E-state index >= 15 is 0 Å². The summed E-state index contributed by atoms with van der Waals surface area (Å²) in [5.41, 5.74) is 19.5. The van der Waals surface area contributed by atoms with Gasteiger partial charge in [-0.3, -0.25) is 34.9 Å². The van der Waals surface area contributed by atoms with Crippen molar-refractivity contribution in [1.82, 2.24) is 15.5 Å². The van der Waals surface area contributed by atoms with Crippen LogP contribution < -0.4 is 33.6 Å². The lowest BCUT2D eigenvalue weighted by Gasteiger charge is -2.37. The molecule has 2 atom stereocenters. The van der Waals surface area contributed by atoms with Crippen LogP contribution in [-0.4, -0.2) is 98.3 Å². The van der Waals surface area contributed by atoms with Gasteiger partial charge in [0.2, 0.25) is 12.2 Å². The van der Waals surface area contributed by atoms with Gasteiger partial charge in [0, 0.05) is 19.6 Å². The number of nitrogens with one attached hydrogen (secondary N) is 4. The molecular formula is C20H38N9O6. The summed E-state index contributed by atoms with van der Waals surface area (Å²) < 4.78 is 10.4. The maximum atomic E-state index is 13.2. The summed E-state index contributed by atoms with van der Waals surface area (Å²) >= 11 is 0. The normalized spacial score (nSPS) is 13.2. The zero-order valence-electron chi connectivity index (χ0n) is 20.1. The predicted octanol–water partition coefficient (Wildman–Crippen LogP) is -3.38. The number of imide groups is 1. The highest BCUT2D eigenvalue weighted by Crippen LogP contribution is 2.23. The number of rotatable bonds is 19. The van der Waals surface area contributed by atoms with Gasteiger partial charge in [0.15, 0.2) is 23.2 Å². The van der Waals surface area contributed by atoms with E-state index in [1.807, 2.05) is 0 Å². The van der Waals surface area contributed by atoms with E-state index in [1.54, 1.807) is 6.29 Å². The molecule has 0 aliphatic carbocycles. The fraction of sp³-hybridized carbons (Fsp3) is 0.700. The minimum Gasteiger partial charge on any atom is -0.378 e. The Morgan fingerprint density at radius 2 is 1.60 bits per heavy atom. The Bertz CT molecular complexity index is 736. The number of nitrogens with two attached hydrogens (primary N) is 4. The summed E-state index contributed by atoms with van der Waals surface area (Å²) in [6, 6.07) is -1.23. The lowest BCUT2D eigenvalue weighted by molar-refractivity contribution is -0.158. The number of nitrogens with zero attached hydrogens (tertiary/aromatic N) is 1. The van der Waals surface area contributed by atoms with Crippen molar-refractivity contribution in [1.29, 1.82) is 10.8 Å². The van der Waals surface area contributed by atoms with Crippen LogP contribution >= 0.6 is 0 Å². The van der Waals surface area contributed by atoms with Crippen molar-refractivity contribution in [3.05, 3.63) is 0 Å². The summed E-state index contributed by atoms with van der Waals surface area (Å²) in [5.74, 6) is -3.24. The molecule has 0 aromatic rings. The molecule has 35 heavy (non-hydrogen) atoms. The molecule has 15 heteroatoms. The third-order valence-corrected chi connectivity index (χ3v) is 4.82. The average molecular weight is 501 g/mol. The summed E-state index contributed by atoms with van der Waals surface area (Å²) in [6.07, 6.45) is 1.83. The lowest BCUT2D eigenvalue weighted by Crippen LogP contribution is -2.64. The number of ether oxygens (including phenoxy) is 2. The van der Waals surface area contributed by atoms with Crippen LogP contribution in [0.1, 0.15) is 32.6 Å². The van der Waals surface area contributed by atoms with Gasteiger partial charge in [-0.2, -0.15) is 0 Å². The van der Waals surface area contributed by atoms with Crippen LogP contribution in [0.3, 0.4) is 0 Å². The molecule has 1 radical (unpaired) electrons. The molecule has 12 N–H and O–H groups in total. The van der Waals surface area contributed by atoms with Crippen molar-refractivity contribution in [2.75, 3.05) is 46.1 Å². The summed E-state index contributed by atoms with van der Waals surface area (Å²) in [5, 5.41) is 19.4. The topological polar surface area (TPSA) is 266 Å². The van der Waals surface area contributed by atoms with Crippen molar-refractivity contribution >= 4 is 35.8 Å². The number of ketones is 1. The Kier molecular flexibility index (Phi) is 15.8. The summed E-state index contributed by atoms with van der Waals surface area (Å²) in [7, 11) is 0. The number of hydrogen-bond donors (Lipinski definition) is 8. The second-order valence-electron chi connectivity index (χ2n) is 7.57. The molecule has 2 amide bonds. The van der Waals surface area contributed by atoms with E-state index in [2.05, 4.69) is 10.6 Å². The molecule has 0 unspecified atom stereocenters. The van der Waals surface area contributed by atoms with Crippen molar-refractivity contribution in [3.8, 4) is 0 Å². The first-order valence-corrected chi connectivity index (χ1v) is 11.1. The molecule has 0 bridgehead atoms. The second-order valence-corrected chi connectivity index (χ2v) is 7.57. The molecule has 199 valence electrons. The number of Topliss-reactive ketones (excluding diaryl/α,β-unsaturated/α-hetero) is 1. The van der Waals surface area contributed by atoms with Gasteiger partial charge < -0.3 is 43.0 Å². The van der Waals surface area contributed by atoms with Crippen LogP contribution in [-0.2, 0) is 28.7 Å². The van der Waals surface area contributed by atoms with Gasteiger partial charge in [-0.25, -0.2) is 0 Å². The Hall–Kier alpha value is -3.14. The summed E-state index contributed by atoms with van der Waals surface area (Å²) in [4.78, 5) is 51.6. The Labute approximate surface area is 204 Å². The molecule has 0 aromatic heterocycles. The smallest absolute Gasteiger partial charge is 0.256 e. The van der Waals surface area contributed by atoms with E-state index in [-0.39, 0.29) is 57.5 Å². The van der Waals surface area contributed by atoms with Crippen LogP contribution in [0, 0.1) is 10.8 Å². The van der Waals surface area contributed by atoms with Gasteiger partial charge in [0.1, 0.15) is 6.61 Å². The quantitative estimate of drug-likeness (QED) is 0.0373. The monoisotopic (exact) mass is 500 g/mol. The van der Waals surface area contributed by atoms with Crippen molar-refractivity contribution in [2.45, 2.75) is 44.2 Å². The largest absolute Gasteiger partial charge is 0.378 e. The fourth-order valence-electron chi connectivity index (χ4n) is 3.07. The number of carbonyl (C=O) groups excluding carboxylic acids is 4. The molecule has 0 aliphatic rings. The summed E-state index contributed by atoms with van der Waals surface area (Å²) in [6.45, 7) is 1.60. The van der Waals surface area contributed by atoms with Crippen molar-refractivity contribution in [3.63, 3.8) is 0 Å². The van der Waals surface area contributed by atoms with E-state index < -0.39 is 35.8 Å². The van der Waals surface area contributed by atoms with Gasteiger partial charge in [-0.1, -0.05) is 0 Å². The molecule has 15 nitrogen and oxygen atoms in total. The molecule has 0 fully saturated rings. The third kappa shape index (κ3) is 11.7. The van der Waals surface area contributed by atoms with Gasteiger partial charge in [-0.05, 0) is 32.6 Å². The highest BCUT2D eigenvalue weighted by atomic mass is 16.5. The zero-order chi connectivity index (χ0) is 26.9. The Morgan fingerprint density at radius 1 is 1.03 bits per heavy atom. The molecule has 0 saturated heterocycles. The number of guanidine groups is 2. The van der Waals surface area contributed by atoms with Gasteiger partial charge in [0.25, 0.3) is 5.91 Å². The first kappa shape index (κ1) is 31.9. The second kappa shape index (κ2) is 17.3. The predicted molar refractivity (Wildman–Crippen MR) is 128 cm³/mol. The molecule has 0 saturated carbocycles. The van der Waals surface area contributed by atoms with Crippen molar-refractivity contribution in [2.24, 2.45) is 22.9 Å². The van der Waals surface area contributed by atoms with Crippen LogP contribution in [0.2, 0.25) is 0 Å². The van der Waals surface area contributed by atoms with Gasteiger partial charge in [-0.15, -0.1) is 0 Å². The Morgan fingerprint density at radius 3 is 2.11 bits per heavy atom. The van der Waals surface area contributed by atoms with Crippen LogP contribution in [0.5, 0.6) is 0 Å². The van der Waals surface area contributed by atoms with Crippen LogP contribution in [0.4, 0.5) is 0 Å². The minimum atomic E-state index is -2.23.